The Hall–Kier alpha value is -2.76. The van der Waals surface area contributed by atoms with Gasteiger partial charge in [-0.1, -0.05) is 30.3 Å². The summed E-state index contributed by atoms with van der Waals surface area (Å²) in [5, 5.41) is 11.5. The molecule has 0 saturated carbocycles. The number of hydrogen-bond acceptors (Lipinski definition) is 3. The topological polar surface area (TPSA) is 79.3 Å². The van der Waals surface area contributed by atoms with Crippen molar-refractivity contribution in [3.05, 3.63) is 65.7 Å². The number of rotatable bonds is 4. The van der Waals surface area contributed by atoms with Gasteiger partial charge in [-0.2, -0.15) is 0 Å². The molecule has 2 aromatic rings. The Balaban J connectivity index is 2.19. The Morgan fingerprint density at radius 2 is 1.85 bits per heavy atom. The van der Waals surface area contributed by atoms with Crippen LogP contribution >= 0.6 is 0 Å². The van der Waals surface area contributed by atoms with E-state index in [0.717, 1.165) is 12.3 Å². The molecule has 102 valence electrons. The molecule has 0 bridgehead atoms. The molecule has 1 atom stereocenters. The quantitative estimate of drug-likeness (QED) is 0.890. The molecule has 0 fully saturated rings. The average Bonchev–Trinajstić information content (AvgIpc) is 2.46. The summed E-state index contributed by atoms with van der Waals surface area (Å²) in [6, 6.07) is 9.37. The van der Waals surface area contributed by atoms with Crippen LogP contribution in [-0.2, 0) is 4.79 Å². The summed E-state index contributed by atoms with van der Waals surface area (Å²) in [6.07, 6.45) is 0.896. The number of benzene rings is 1. The van der Waals surface area contributed by atoms with Gasteiger partial charge in [0.15, 0.2) is 6.04 Å². The number of carboxylic acid groups (broad SMARTS) is 1. The second-order valence-corrected chi connectivity index (χ2v) is 4.02. The van der Waals surface area contributed by atoms with Crippen molar-refractivity contribution >= 4 is 11.9 Å². The zero-order valence-electron chi connectivity index (χ0n) is 10.3. The number of carbonyl (C=O) groups excluding carboxylic acids is 1. The van der Waals surface area contributed by atoms with Crippen molar-refractivity contribution in [3.8, 4) is 0 Å². The van der Waals surface area contributed by atoms with Crippen LogP contribution in [0.5, 0.6) is 0 Å². The van der Waals surface area contributed by atoms with Gasteiger partial charge in [0.25, 0.3) is 5.91 Å². The highest BCUT2D eigenvalue weighted by Crippen LogP contribution is 2.13. The number of aliphatic carboxylic acids is 1. The van der Waals surface area contributed by atoms with Gasteiger partial charge in [-0.3, -0.25) is 4.79 Å². The Morgan fingerprint density at radius 1 is 1.15 bits per heavy atom. The Kier molecular flexibility index (Phi) is 4.05. The first-order valence-electron chi connectivity index (χ1n) is 5.78. The first-order valence-corrected chi connectivity index (χ1v) is 5.78. The number of nitrogens with zero attached hydrogens (tertiary/aromatic N) is 1. The summed E-state index contributed by atoms with van der Waals surface area (Å²) < 4.78 is 12.7. The maximum absolute atomic E-state index is 12.7. The molecular weight excluding hydrogens is 263 g/mol. The molecule has 0 aliphatic heterocycles. The SMILES string of the molecule is O=C(N[C@@H](C(=O)O)c1ccccc1)c1ccc(F)cn1. The molecule has 2 rings (SSSR count). The third kappa shape index (κ3) is 3.17. The van der Waals surface area contributed by atoms with Gasteiger partial charge in [-0.15, -0.1) is 0 Å². The zero-order chi connectivity index (χ0) is 14.5. The lowest BCUT2D eigenvalue weighted by Gasteiger charge is -2.14. The highest BCUT2D eigenvalue weighted by molar-refractivity contribution is 5.95. The molecule has 2 N–H and O–H groups in total. The number of pyridine rings is 1. The van der Waals surface area contributed by atoms with Crippen molar-refractivity contribution in [2.24, 2.45) is 0 Å². The average molecular weight is 274 g/mol. The summed E-state index contributed by atoms with van der Waals surface area (Å²) in [6.45, 7) is 0. The third-order valence-corrected chi connectivity index (χ3v) is 2.62. The molecule has 1 aromatic carbocycles. The summed E-state index contributed by atoms with van der Waals surface area (Å²) in [5.74, 6) is -2.44. The minimum atomic E-state index is -1.19. The van der Waals surface area contributed by atoms with Crippen molar-refractivity contribution in [2.45, 2.75) is 6.04 Å². The van der Waals surface area contributed by atoms with Crippen molar-refractivity contribution in [2.75, 3.05) is 0 Å². The van der Waals surface area contributed by atoms with Crippen molar-refractivity contribution in [1.82, 2.24) is 10.3 Å². The van der Waals surface area contributed by atoms with E-state index in [4.69, 9.17) is 0 Å². The largest absolute Gasteiger partial charge is 0.479 e. The van der Waals surface area contributed by atoms with E-state index in [1.165, 1.54) is 6.07 Å². The molecule has 0 aliphatic carbocycles. The molecule has 1 amide bonds. The van der Waals surface area contributed by atoms with Gasteiger partial charge in [0.2, 0.25) is 0 Å². The predicted molar refractivity (Wildman–Crippen MR) is 68.5 cm³/mol. The molecule has 0 spiro atoms. The molecule has 0 aliphatic rings. The Labute approximate surface area is 114 Å². The van der Waals surface area contributed by atoms with E-state index in [1.54, 1.807) is 30.3 Å². The molecule has 0 saturated heterocycles. The van der Waals surface area contributed by atoms with E-state index in [2.05, 4.69) is 10.3 Å². The van der Waals surface area contributed by atoms with Crippen molar-refractivity contribution in [1.29, 1.82) is 0 Å². The third-order valence-electron chi connectivity index (χ3n) is 2.62. The number of halogens is 1. The predicted octanol–water partition coefficient (Wildman–Crippen LogP) is 1.78. The molecule has 0 unspecified atom stereocenters. The van der Waals surface area contributed by atoms with Crippen LogP contribution in [0.2, 0.25) is 0 Å². The van der Waals surface area contributed by atoms with Crippen LogP contribution in [0.3, 0.4) is 0 Å². The van der Waals surface area contributed by atoms with Crippen LogP contribution in [0.15, 0.2) is 48.7 Å². The van der Waals surface area contributed by atoms with Gasteiger partial charge in [-0.25, -0.2) is 14.2 Å². The monoisotopic (exact) mass is 274 g/mol. The second kappa shape index (κ2) is 5.92. The lowest BCUT2D eigenvalue weighted by molar-refractivity contribution is -0.139. The van der Waals surface area contributed by atoms with Gasteiger partial charge in [0.1, 0.15) is 11.5 Å². The Bertz CT molecular complexity index is 614. The fourth-order valence-corrected chi connectivity index (χ4v) is 1.65. The number of hydrogen-bond donors (Lipinski definition) is 2. The van der Waals surface area contributed by atoms with Crippen LogP contribution in [0.4, 0.5) is 4.39 Å². The summed E-state index contributed by atoms with van der Waals surface area (Å²) >= 11 is 0. The lowest BCUT2D eigenvalue weighted by Crippen LogP contribution is -2.34. The van der Waals surface area contributed by atoms with Gasteiger partial charge >= 0.3 is 5.97 Å². The number of nitrogens with one attached hydrogen (secondary N) is 1. The van der Waals surface area contributed by atoms with E-state index in [1.807, 2.05) is 0 Å². The maximum atomic E-state index is 12.7. The van der Waals surface area contributed by atoms with Gasteiger partial charge < -0.3 is 10.4 Å². The highest BCUT2D eigenvalue weighted by atomic mass is 19.1. The van der Waals surface area contributed by atoms with Gasteiger partial charge in [0.05, 0.1) is 6.20 Å². The molecular formula is C14H11FN2O3. The molecule has 1 aromatic heterocycles. The smallest absolute Gasteiger partial charge is 0.330 e. The molecule has 0 radical (unpaired) electrons. The zero-order valence-corrected chi connectivity index (χ0v) is 10.3. The highest BCUT2D eigenvalue weighted by Gasteiger charge is 2.22. The van der Waals surface area contributed by atoms with Crippen LogP contribution in [0.25, 0.3) is 0 Å². The van der Waals surface area contributed by atoms with Crippen molar-refractivity contribution < 1.29 is 19.1 Å². The lowest BCUT2D eigenvalue weighted by atomic mass is 10.1. The standard InChI is InChI=1S/C14H11FN2O3/c15-10-6-7-11(16-8-10)13(18)17-12(14(19)20)9-4-2-1-3-5-9/h1-8,12H,(H,17,18)(H,19,20)/t12-/m1/s1. The summed E-state index contributed by atoms with van der Waals surface area (Å²) in [5.41, 5.74) is 0.393. The summed E-state index contributed by atoms with van der Waals surface area (Å²) in [7, 11) is 0. The van der Waals surface area contributed by atoms with Gasteiger partial charge in [-0.05, 0) is 17.7 Å². The van der Waals surface area contributed by atoms with E-state index >= 15 is 0 Å². The fourth-order valence-electron chi connectivity index (χ4n) is 1.65. The summed E-state index contributed by atoms with van der Waals surface area (Å²) in [4.78, 5) is 26.7. The second-order valence-electron chi connectivity index (χ2n) is 4.02. The molecule has 1 heterocycles. The van der Waals surface area contributed by atoms with Crippen LogP contribution < -0.4 is 5.32 Å². The van der Waals surface area contributed by atoms with E-state index < -0.39 is 23.7 Å². The van der Waals surface area contributed by atoms with Crippen LogP contribution in [0.1, 0.15) is 22.1 Å². The normalized spacial score (nSPS) is 11.7. The van der Waals surface area contributed by atoms with E-state index in [0.29, 0.717) is 5.56 Å². The van der Waals surface area contributed by atoms with Crippen LogP contribution in [-0.4, -0.2) is 22.0 Å². The Morgan fingerprint density at radius 3 is 2.40 bits per heavy atom. The van der Waals surface area contributed by atoms with E-state index in [-0.39, 0.29) is 5.69 Å². The first kappa shape index (κ1) is 13.7. The molecule has 20 heavy (non-hydrogen) atoms. The van der Waals surface area contributed by atoms with E-state index in [9.17, 15) is 19.1 Å². The number of aromatic nitrogens is 1. The number of carbonyl (C=O) groups is 2. The van der Waals surface area contributed by atoms with Gasteiger partial charge in [0, 0.05) is 0 Å². The minimum absolute atomic E-state index is 0.0476. The van der Waals surface area contributed by atoms with Crippen LogP contribution in [0, 0.1) is 5.82 Å². The maximum Gasteiger partial charge on any atom is 0.330 e. The molecule has 6 heteroatoms. The fraction of sp³-hybridized carbons (Fsp3) is 0.0714. The number of carboxylic acids is 1. The van der Waals surface area contributed by atoms with Crippen molar-refractivity contribution in [3.63, 3.8) is 0 Å². The molecule has 5 nitrogen and oxygen atoms in total. The number of amides is 1. The minimum Gasteiger partial charge on any atom is -0.479 e. The first-order chi connectivity index (χ1) is 9.58.